The maximum atomic E-state index is 12.3. The summed E-state index contributed by atoms with van der Waals surface area (Å²) in [5.74, 6) is 5.37. The smallest absolute Gasteiger partial charge is 0.276 e. The summed E-state index contributed by atoms with van der Waals surface area (Å²) < 4.78 is 0. The van der Waals surface area contributed by atoms with Gasteiger partial charge in [-0.2, -0.15) is 5.10 Å². The van der Waals surface area contributed by atoms with E-state index in [1.807, 2.05) is 0 Å². The van der Waals surface area contributed by atoms with Crippen LogP contribution in [0.1, 0.15) is 17.4 Å². The molecule has 2 aromatic carbocycles. The predicted octanol–water partition coefficient (Wildman–Crippen LogP) is 1.23. The molecular formula is C16H13N5O4. The van der Waals surface area contributed by atoms with E-state index in [0.717, 1.165) is 0 Å². The van der Waals surface area contributed by atoms with E-state index in [9.17, 15) is 20.0 Å². The van der Waals surface area contributed by atoms with Gasteiger partial charge in [-0.25, -0.2) is 4.98 Å². The fraction of sp³-hybridized carbons (Fsp3) is 0.0625. The van der Waals surface area contributed by atoms with Crippen LogP contribution in [-0.2, 0) is 0 Å². The lowest BCUT2D eigenvalue weighted by atomic mass is 10.0. The summed E-state index contributed by atoms with van der Waals surface area (Å²) in [6.07, 6.45) is -1.24. The van der Waals surface area contributed by atoms with Crippen LogP contribution < -0.4 is 11.4 Å². The first-order valence-electron chi connectivity index (χ1n) is 7.21. The highest BCUT2D eigenvalue weighted by Crippen LogP contribution is 2.19. The van der Waals surface area contributed by atoms with Crippen LogP contribution in [0.4, 0.5) is 5.69 Å². The van der Waals surface area contributed by atoms with Gasteiger partial charge in [0.15, 0.2) is 5.69 Å². The monoisotopic (exact) mass is 339 g/mol. The van der Waals surface area contributed by atoms with Gasteiger partial charge in [-0.05, 0) is 11.6 Å². The number of nitro benzene ring substituents is 1. The Labute approximate surface area is 140 Å². The molecule has 1 aromatic heterocycles. The molecule has 3 aromatic rings. The maximum Gasteiger partial charge on any atom is 0.276 e. The molecule has 0 spiro atoms. The lowest BCUT2D eigenvalue weighted by molar-refractivity contribution is -0.384. The van der Waals surface area contributed by atoms with Crippen LogP contribution in [-0.4, -0.2) is 25.7 Å². The molecule has 3 rings (SSSR count). The minimum absolute atomic E-state index is 0.104. The number of hydrogen-bond acceptors (Lipinski definition) is 7. The summed E-state index contributed by atoms with van der Waals surface area (Å²) in [6.45, 7) is 0. The van der Waals surface area contributed by atoms with Crippen LogP contribution in [0.2, 0.25) is 0 Å². The van der Waals surface area contributed by atoms with Gasteiger partial charge in [-0.1, -0.05) is 30.3 Å². The number of aromatic amines is 1. The molecule has 9 heteroatoms. The standard InChI is InChI=1S/C16H13N5O4/c17-20-13(15(22)9-4-2-1-3-5-9)14-16(23)19-12-8-10(21(24)25)6-7-11(12)18-14/h1-8,15,22H,17H2,(H,19,23)/b20-13-. The maximum absolute atomic E-state index is 12.3. The number of rotatable bonds is 4. The number of aliphatic hydroxyl groups is 1. The van der Waals surface area contributed by atoms with Crippen molar-refractivity contribution < 1.29 is 10.0 Å². The molecule has 0 aliphatic rings. The number of nitrogens with zero attached hydrogens (tertiary/aromatic N) is 3. The number of aromatic nitrogens is 2. The van der Waals surface area contributed by atoms with E-state index in [0.29, 0.717) is 11.1 Å². The fourth-order valence-corrected chi connectivity index (χ4v) is 2.42. The average Bonchev–Trinajstić information content (AvgIpc) is 2.62. The molecule has 0 radical (unpaired) electrons. The van der Waals surface area contributed by atoms with Gasteiger partial charge in [0.1, 0.15) is 11.8 Å². The normalized spacial score (nSPS) is 12.9. The van der Waals surface area contributed by atoms with E-state index in [1.54, 1.807) is 30.3 Å². The Kier molecular flexibility index (Phi) is 4.23. The van der Waals surface area contributed by atoms with Gasteiger partial charge in [0.25, 0.3) is 11.2 Å². The molecule has 0 aliphatic carbocycles. The van der Waals surface area contributed by atoms with Gasteiger partial charge < -0.3 is 15.9 Å². The van der Waals surface area contributed by atoms with E-state index in [2.05, 4.69) is 15.1 Å². The molecule has 0 saturated carbocycles. The zero-order valence-corrected chi connectivity index (χ0v) is 12.8. The van der Waals surface area contributed by atoms with Crippen molar-refractivity contribution in [2.75, 3.05) is 0 Å². The lowest BCUT2D eigenvalue weighted by Gasteiger charge is -2.12. The summed E-state index contributed by atoms with van der Waals surface area (Å²) in [7, 11) is 0. The highest BCUT2D eigenvalue weighted by Gasteiger charge is 2.22. The molecule has 4 N–H and O–H groups in total. The Morgan fingerprint density at radius 2 is 2.00 bits per heavy atom. The highest BCUT2D eigenvalue weighted by molar-refractivity contribution is 6.03. The molecule has 1 heterocycles. The summed E-state index contributed by atoms with van der Waals surface area (Å²) >= 11 is 0. The fourth-order valence-electron chi connectivity index (χ4n) is 2.42. The Bertz CT molecular complexity index is 1030. The number of non-ortho nitro benzene ring substituents is 1. The number of hydrazone groups is 1. The first kappa shape index (κ1) is 16.3. The molecule has 0 amide bonds. The molecule has 0 fully saturated rings. The van der Waals surface area contributed by atoms with Crippen molar-refractivity contribution in [2.24, 2.45) is 10.9 Å². The minimum atomic E-state index is -1.24. The molecule has 0 aliphatic heterocycles. The molecule has 9 nitrogen and oxygen atoms in total. The topological polar surface area (TPSA) is 147 Å². The lowest BCUT2D eigenvalue weighted by Crippen LogP contribution is -2.26. The van der Waals surface area contributed by atoms with Crippen LogP contribution in [0.5, 0.6) is 0 Å². The minimum Gasteiger partial charge on any atom is -0.382 e. The van der Waals surface area contributed by atoms with Gasteiger partial charge in [0.05, 0.1) is 16.0 Å². The summed E-state index contributed by atoms with van der Waals surface area (Å²) in [5, 5.41) is 24.8. The number of hydrogen-bond donors (Lipinski definition) is 3. The zero-order valence-electron chi connectivity index (χ0n) is 12.8. The van der Waals surface area contributed by atoms with Gasteiger partial charge in [0, 0.05) is 12.1 Å². The third kappa shape index (κ3) is 3.08. The highest BCUT2D eigenvalue weighted by atomic mass is 16.6. The van der Waals surface area contributed by atoms with Crippen LogP contribution in [0.15, 0.2) is 58.4 Å². The number of benzene rings is 2. The number of nitrogens with one attached hydrogen (secondary N) is 1. The van der Waals surface area contributed by atoms with E-state index >= 15 is 0 Å². The molecule has 1 atom stereocenters. The van der Waals surface area contributed by atoms with Crippen molar-refractivity contribution in [3.63, 3.8) is 0 Å². The van der Waals surface area contributed by atoms with E-state index < -0.39 is 16.6 Å². The van der Waals surface area contributed by atoms with Crippen LogP contribution in [0.25, 0.3) is 11.0 Å². The summed E-state index contributed by atoms with van der Waals surface area (Å²) in [5.41, 5.74) is -0.0818. The second-order valence-electron chi connectivity index (χ2n) is 5.20. The number of nitrogens with two attached hydrogens (primary N) is 1. The molecule has 0 bridgehead atoms. The number of H-pyrrole nitrogens is 1. The first-order valence-corrected chi connectivity index (χ1v) is 7.21. The van der Waals surface area contributed by atoms with Gasteiger partial charge >= 0.3 is 0 Å². The Morgan fingerprint density at radius 1 is 1.28 bits per heavy atom. The van der Waals surface area contributed by atoms with Crippen molar-refractivity contribution in [3.8, 4) is 0 Å². The first-order chi connectivity index (χ1) is 12.0. The third-order valence-electron chi connectivity index (χ3n) is 3.64. The Morgan fingerprint density at radius 3 is 2.64 bits per heavy atom. The van der Waals surface area contributed by atoms with Gasteiger partial charge in [0.2, 0.25) is 0 Å². The second kappa shape index (κ2) is 6.49. The van der Waals surface area contributed by atoms with Crippen molar-refractivity contribution in [2.45, 2.75) is 6.10 Å². The molecular weight excluding hydrogens is 326 g/mol. The quantitative estimate of drug-likeness (QED) is 0.282. The summed E-state index contributed by atoms with van der Waals surface area (Å²) in [6, 6.07) is 12.4. The Balaban J connectivity index is 2.11. The second-order valence-corrected chi connectivity index (χ2v) is 5.20. The van der Waals surface area contributed by atoms with Gasteiger partial charge in [-0.15, -0.1) is 0 Å². The van der Waals surface area contributed by atoms with E-state index in [1.165, 1.54) is 18.2 Å². The molecule has 0 saturated heterocycles. The summed E-state index contributed by atoms with van der Waals surface area (Å²) in [4.78, 5) is 29.2. The molecule has 1 unspecified atom stereocenters. The van der Waals surface area contributed by atoms with E-state index in [4.69, 9.17) is 5.84 Å². The van der Waals surface area contributed by atoms with Crippen LogP contribution >= 0.6 is 0 Å². The van der Waals surface area contributed by atoms with Crippen LogP contribution in [0.3, 0.4) is 0 Å². The number of nitro groups is 1. The third-order valence-corrected chi connectivity index (χ3v) is 3.64. The molecule has 25 heavy (non-hydrogen) atoms. The van der Waals surface area contributed by atoms with Crippen molar-refractivity contribution in [1.82, 2.24) is 9.97 Å². The van der Waals surface area contributed by atoms with Gasteiger partial charge in [-0.3, -0.25) is 14.9 Å². The largest absolute Gasteiger partial charge is 0.382 e. The SMILES string of the molecule is N/N=C(/c1nc2ccc([N+](=O)[O-])cc2[nH]c1=O)C(O)c1ccccc1. The average molecular weight is 339 g/mol. The predicted molar refractivity (Wildman–Crippen MR) is 91.1 cm³/mol. The Hall–Kier alpha value is -3.59. The van der Waals surface area contributed by atoms with Crippen LogP contribution in [0, 0.1) is 10.1 Å². The van der Waals surface area contributed by atoms with Crippen molar-refractivity contribution >= 4 is 22.4 Å². The van der Waals surface area contributed by atoms with Crippen molar-refractivity contribution in [1.29, 1.82) is 0 Å². The number of aliphatic hydroxyl groups excluding tert-OH is 1. The van der Waals surface area contributed by atoms with Crippen molar-refractivity contribution in [3.05, 3.63) is 80.3 Å². The van der Waals surface area contributed by atoms with E-state index in [-0.39, 0.29) is 22.6 Å². The zero-order chi connectivity index (χ0) is 18.0. The molecule has 126 valence electrons. The number of fused-ring (bicyclic) bond motifs is 1.